The zero-order valence-electron chi connectivity index (χ0n) is 12.0. The number of amides is 1. The monoisotopic (exact) mass is 363 g/mol. The number of nitrogens with one attached hydrogen (secondary N) is 1. The standard InChI is InChI=1S/C13H18ClN3O3S2/c14-11-3-4-13(21-11)22(19,20)17-7-5-16(6-8-17)9-12(18)15-10-1-2-10/h3-4,10H,1-2,5-9H2,(H,15,18). The summed E-state index contributed by atoms with van der Waals surface area (Å²) in [6.07, 6.45) is 2.14. The lowest BCUT2D eigenvalue weighted by Crippen LogP contribution is -2.51. The van der Waals surface area contributed by atoms with Gasteiger partial charge in [0.15, 0.2) is 0 Å². The number of hydrogen-bond donors (Lipinski definition) is 1. The molecule has 1 amide bonds. The van der Waals surface area contributed by atoms with Gasteiger partial charge >= 0.3 is 0 Å². The number of rotatable bonds is 5. The van der Waals surface area contributed by atoms with Gasteiger partial charge in [0.2, 0.25) is 5.91 Å². The molecule has 2 heterocycles. The molecular weight excluding hydrogens is 346 g/mol. The fourth-order valence-electron chi connectivity index (χ4n) is 2.40. The summed E-state index contributed by atoms with van der Waals surface area (Å²) in [5.74, 6) is 0.0313. The smallest absolute Gasteiger partial charge is 0.252 e. The van der Waals surface area contributed by atoms with Crippen LogP contribution in [0.1, 0.15) is 12.8 Å². The lowest BCUT2D eigenvalue weighted by atomic mass is 10.3. The van der Waals surface area contributed by atoms with E-state index in [1.54, 1.807) is 6.07 Å². The van der Waals surface area contributed by atoms with Crippen molar-refractivity contribution in [3.05, 3.63) is 16.5 Å². The molecule has 1 N–H and O–H groups in total. The normalized spacial score (nSPS) is 21.0. The van der Waals surface area contributed by atoms with Crippen LogP contribution in [-0.2, 0) is 14.8 Å². The first kappa shape index (κ1) is 16.2. The van der Waals surface area contributed by atoms with E-state index in [0.717, 1.165) is 24.2 Å². The van der Waals surface area contributed by atoms with Crippen molar-refractivity contribution in [1.29, 1.82) is 0 Å². The quantitative estimate of drug-likeness (QED) is 0.846. The van der Waals surface area contributed by atoms with E-state index in [1.807, 2.05) is 4.90 Å². The topological polar surface area (TPSA) is 69.7 Å². The largest absolute Gasteiger partial charge is 0.352 e. The summed E-state index contributed by atoms with van der Waals surface area (Å²) in [4.78, 5) is 13.8. The lowest BCUT2D eigenvalue weighted by molar-refractivity contribution is -0.122. The highest BCUT2D eigenvalue weighted by atomic mass is 35.5. The van der Waals surface area contributed by atoms with E-state index >= 15 is 0 Å². The molecule has 22 heavy (non-hydrogen) atoms. The summed E-state index contributed by atoms with van der Waals surface area (Å²) >= 11 is 6.89. The molecule has 0 atom stereocenters. The molecule has 1 saturated heterocycles. The molecule has 122 valence electrons. The van der Waals surface area contributed by atoms with E-state index in [2.05, 4.69) is 5.32 Å². The van der Waals surface area contributed by atoms with Crippen molar-refractivity contribution >= 4 is 38.9 Å². The maximum atomic E-state index is 12.5. The van der Waals surface area contributed by atoms with Gasteiger partial charge in [-0.05, 0) is 25.0 Å². The number of piperazine rings is 1. The average Bonchev–Trinajstić information content (AvgIpc) is 3.16. The van der Waals surface area contributed by atoms with Crippen LogP contribution in [-0.4, -0.2) is 62.3 Å². The SMILES string of the molecule is O=C(CN1CCN(S(=O)(=O)c2ccc(Cl)s2)CC1)NC1CC1. The molecule has 0 spiro atoms. The number of sulfonamides is 1. The van der Waals surface area contributed by atoms with Crippen LogP contribution in [0.15, 0.2) is 16.3 Å². The summed E-state index contributed by atoms with van der Waals surface area (Å²) in [6.45, 7) is 2.27. The summed E-state index contributed by atoms with van der Waals surface area (Å²) in [6, 6.07) is 3.49. The number of carbonyl (C=O) groups is 1. The van der Waals surface area contributed by atoms with Crippen LogP contribution in [0, 0.1) is 0 Å². The Morgan fingerprint density at radius 1 is 1.27 bits per heavy atom. The first-order chi connectivity index (χ1) is 10.4. The first-order valence-electron chi connectivity index (χ1n) is 7.22. The van der Waals surface area contributed by atoms with E-state index in [0.29, 0.717) is 43.1 Å². The number of halogens is 1. The van der Waals surface area contributed by atoms with Gasteiger partial charge in [-0.2, -0.15) is 4.31 Å². The van der Waals surface area contributed by atoms with E-state index in [4.69, 9.17) is 11.6 Å². The maximum Gasteiger partial charge on any atom is 0.252 e. The van der Waals surface area contributed by atoms with Gasteiger partial charge < -0.3 is 5.32 Å². The number of carbonyl (C=O) groups excluding carboxylic acids is 1. The van der Waals surface area contributed by atoms with Crippen molar-refractivity contribution in [2.75, 3.05) is 32.7 Å². The van der Waals surface area contributed by atoms with Crippen molar-refractivity contribution < 1.29 is 13.2 Å². The van der Waals surface area contributed by atoms with Crippen LogP contribution >= 0.6 is 22.9 Å². The first-order valence-corrected chi connectivity index (χ1v) is 9.86. The third-order valence-corrected chi connectivity index (χ3v) is 7.38. The highest BCUT2D eigenvalue weighted by Crippen LogP contribution is 2.28. The Morgan fingerprint density at radius 2 is 1.95 bits per heavy atom. The number of thiophene rings is 1. The summed E-state index contributed by atoms with van der Waals surface area (Å²) in [5.41, 5.74) is 0. The number of nitrogens with zero attached hydrogens (tertiary/aromatic N) is 2. The second kappa shape index (κ2) is 6.45. The predicted octanol–water partition coefficient (Wildman–Crippen LogP) is 0.986. The molecular formula is C13H18ClN3O3S2. The fourth-order valence-corrected chi connectivity index (χ4v) is 5.45. The van der Waals surface area contributed by atoms with Gasteiger partial charge in [-0.15, -0.1) is 11.3 Å². The summed E-state index contributed by atoms with van der Waals surface area (Å²) in [7, 11) is -3.46. The Balaban J connectivity index is 1.53. The van der Waals surface area contributed by atoms with Gasteiger partial charge in [0, 0.05) is 32.2 Å². The molecule has 2 aliphatic rings. The van der Waals surface area contributed by atoms with Crippen molar-refractivity contribution in [1.82, 2.24) is 14.5 Å². The Labute approximate surface area is 139 Å². The van der Waals surface area contributed by atoms with Gasteiger partial charge in [0.1, 0.15) is 4.21 Å². The second-order valence-electron chi connectivity index (χ2n) is 5.58. The zero-order valence-corrected chi connectivity index (χ0v) is 14.4. The van der Waals surface area contributed by atoms with Crippen LogP contribution < -0.4 is 5.32 Å². The highest BCUT2D eigenvalue weighted by Gasteiger charge is 2.31. The van der Waals surface area contributed by atoms with Gasteiger partial charge in [-0.3, -0.25) is 9.69 Å². The van der Waals surface area contributed by atoms with Crippen LogP contribution in [0.3, 0.4) is 0 Å². The minimum Gasteiger partial charge on any atom is -0.352 e. The van der Waals surface area contributed by atoms with Crippen LogP contribution in [0.5, 0.6) is 0 Å². The fraction of sp³-hybridized carbons (Fsp3) is 0.615. The maximum absolute atomic E-state index is 12.5. The van der Waals surface area contributed by atoms with Gasteiger partial charge in [-0.25, -0.2) is 8.42 Å². The molecule has 2 fully saturated rings. The van der Waals surface area contributed by atoms with Gasteiger partial charge in [0.05, 0.1) is 10.9 Å². The number of hydrogen-bond acceptors (Lipinski definition) is 5. The second-order valence-corrected chi connectivity index (χ2v) is 9.46. The van der Waals surface area contributed by atoms with Crippen LogP contribution in [0.4, 0.5) is 0 Å². The molecule has 1 aromatic rings. The van der Waals surface area contributed by atoms with Gasteiger partial charge in [-0.1, -0.05) is 11.6 Å². The third-order valence-electron chi connectivity index (χ3n) is 3.78. The average molecular weight is 364 g/mol. The molecule has 0 aromatic carbocycles. The molecule has 9 heteroatoms. The van der Waals surface area contributed by atoms with Crippen molar-refractivity contribution in [3.63, 3.8) is 0 Å². The molecule has 0 unspecified atom stereocenters. The lowest BCUT2D eigenvalue weighted by Gasteiger charge is -2.33. The Kier molecular flexibility index (Phi) is 4.75. The molecule has 1 aliphatic carbocycles. The summed E-state index contributed by atoms with van der Waals surface area (Å²) in [5, 5.41) is 2.95. The highest BCUT2D eigenvalue weighted by molar-refractivity contribution is 7.91. The molecule has 1 saturated carbocycles. The summed E-state index contributed by atoms with van der Waals surface area (Å²) < 4.78 is 27.1. The Morgan fingerprint density at radius 3 is 2.50 bits per heavy atom. The van der Waals surface area contributed by atoms with Crippen molar-refractivity contribution in [2.24, 2.45) is 0 Å². The van der Waals surface area contributed by atoms with Crippen molar-refractivity contribution in [2.45, 2.75) is 23.1 Å². The Hall–Kier alpha value is -0.670. The molecule has 6 nitrogen and oxygen atoms in total. The van der Waals surface area contributed by atoms with E-state index in [9.17, 15) is 13.2 Å². The minimum absolute atomic E-state index is 0.0313. The van der Waals surface area contributed by atoms with Crippen molar-refractivity contribution in [3.8, 4) is 0 Å². The molecule has 1 aliphatic heterocycles. The minimum atomic E-state index is -3.46. The molecule has 0 bridgehead atoms. The zero-order chi connectivity index (χ0) is 15.7. The van der Waals surface area contributed by atoms with Crippen LogP contribution in [0.2, 0.25) is 4.34 Å². The Bertz CT molecular complexity index is 649. The van der Waals surface area contributed by atoms with Gasteiger partial charge in [0.25, 0.3) is 10.0 Å². The molecule has 3 rings (SSSR count). The molecule has 0 radical (unpaired) electrons. The third kappa shape index (κ3) is 3.80. The molecule has 1 aromatic heterocycles. The van der Waals surface area contributed by atoms with Crippen LogP contribution in [0.25, 0.3) is 0 Å². The van der Waals surface area contributed by atoms with E-state index < -0.39 is 10.0 Å². The predicted molar refractivity (Wildman–Crippen MR) is 85.7 cm³/mol. The van der Waals surface area contributed by atoms with E-state index in [1.165, 1.54) is 10.4 Å². The van der Waals surface area contributed by atoms with E-state index in [-0.39, 0.29) is 10.1 Å².